The average Bonchev–Trinajstić information content (AvgIpc) is 3.82. The first-order chi connectivity index (χ1) is 26.8. The number of phenolic OH excluding ortho intramolecular Hbond substituents is 1. The lowest BCUT2D eigenvalue weighted by Crippen LogP contribution is -2.53. The van der Waals surface area contributed by atoms with E-state index in [1.54, 1.807) is 72.8 Å². The van der Waals surface area contributed by atoms with Gasteiger partial charge in [-0.05, 0) is 96.6 Å². The molecule has 1 saturated carbocycles. The quantitative estimate of drug-likeness (QED) is 0.139. The number of carbonyl (C=O) groups is 4. The number of carbonyl (C=O) groups excluding carboxylic acids is 4. The molecule has 0 spiro atoms. The summed E-state index contributed by atoms with van der Waals surface area (Å²) in [7, 11) is 0. The third-order valence-corrected chi connectivity index (χ3v) is 12.3. The van der Waals surface area contributed by atoms with Gasteiger partial charge < -0.3 is 9.52 Å². The van der Waals surface area contributed by atoms with E-state index >= 15 is 4.79 Å². The van der Waals surface area contributed by atoms with Crippen LogP contribution in [0.4, 0.5) is 11.4 Å². The fraction of sp³-hybridized carbons (Fsp3) is 0.178. The molecule has 6 atom stereocenters. The molecule has 0 unspecified atom stereocenters. The number of imide groups is 2. The number of hydrogen-bond acceptors (Lipinski definition) is 7. The SMILES string of the molecule is O=C1[C@H]2[C@H](CC=C3[C@H]2C[C@H]2C(=O)N(c4cccc(Cl)c4)C(=O)[C@@]2(c2ccccc2)[C@H]3c2ccc(O)cc2)C(=O)N1c1ccc(-c2nc3ccccc3o2)cc1. The van der Waals surface area contributed by atoms with Gasteiger partial charge in [-0.15, -0.1) is 0 Å². The zero-order valence-electron chi connectivity index (χ0n) is 29.2. The number of rotatable bonds is 5. The Balaban J connectivity index is 1.08. The van der Waals surface area contributed by atoms with Crippen molar-refractivity contribution in [3.63, 3.8) is 0 Å². The third kappa shape index (κ3) is 4.82. The number of allylic oxidation sites excluding steroid dienone is 2. The van der Waals surface area contributed by atoms with Gasteiger partial charge in [0.05, 0.1) is 34.5 Å². The highest BCUT2D eigenvalue weighted by Gasteiger charge is 2.70. The van der Waals surface area contributed by atoms with Crippen LogP contribution in [0.25, 0.3) is 22.6 Å². The highest BCUT2D eigenvalue weighted by molar-refractivity contribution is 6.32. The van der Waals surface area contributed by atoms with E-state index in [-0.39, 0.29) is 35.8 Å². The molecule has 1 aromatic heterocycles. The molecule has 2 aliphatic heterocycles. The van der Waals surface area contributed by atoms with Crippen LogP contribution in [0.2, 0.25) is 5.02 Å². The van der Waals surface area contributed by atoms with Crippen LogP contribution in [0.15, 0.2) is 143 Å². The van der Waals surface area contributed by atoms with Gasteiger partial charge in [0.25, 0.3) is 0 Å². The zero-order valence-corrected chi connectivity index (χ0v) is 30.0. The second kappa shape index (κ2) is 12.4. The van der Waals surface area contributed by atoms with Crippen molar-refractivity contribution in [2.45, 2.75) is 24.2 Å². The van der Waals surface area contributed by atoms with Gasteiger partial charge >= 0.3 is 0 Å². The number of nitrogens with zero attached hydrogens (tertiary/aromatic N) is 3. The van der Waals surface area contributed by atoms with Gasteiger partial charge in [0.15, 0.2) is 5.58 Å². The monoisotopic (exact) mass is 745 g/mol. The third-order valence-electron chi connectivity index (χ3n) is 12.1. The van der Waals surface area contributed by atoms with Gasteiger partial charge in [0.1, 0.15) is 11.3 Å². The number of benzene rings is 5. The summed E-state index contributed by atoms with van der Waals surface area (Å²) in [6, 6.07) is 37.3. The van der Waals surface area contributed by atoms with Crippen LogP contribution in [0.1, 0.15) is 29.9 Å². The topological polar surface area (TPSA) is 121 Å². The summed E-state index contributed by atoms with van der Waals surface area (Å²) < 4.78 is 5.94. The Morgan fingerprint density at radius 2 is 1.47 bits per heavy atom. The smallest absolute Gasteiger partial charge is 0.246 e. The second-order valence-electron chi connectivity index (χ2n) is 14.7. The lowest BCUT2D eigenvalue weighted by Gasteiger charge is -2.50. The molecular formula is C45H32ClN3O6. The lowest BCUT2D eigenvalue weighted by atomic mass is 9.49. The number of oxazole rings is 1. The molecule has 10 heteroatoms. The zero-order chi connectivity index (χ0) is 37.6. The van der Waals surface area contributed by atoms with E-state index in [0.717, 1.165) is 16.7 Å². The van der Waals surface area contributed by atoms with Gasteiger partial charge in [-0.1, -0.05) is 83.9 Å². The van der Waals surface area contributed by atoms with E-state index in [2.05, 4.69) is 4.98 Å². The van der Waals surface area contributed by atoms with E-state index in [1.165, 1.54) is 9.80 Å². The summed E-state index contributed by atoms with van der Waals surface area (Å²) in [6.07, 6.45) is 2.50. The first kappa shape index (κ1) is 33.3. The summed E-state index contributed by atoms with van der Waals surface area (Å²) in [5.74, 6) is -4.38. The summed E-state index contributed by atoms with van der Waals surface area (Å²) in [5, 5.41) is 10.7. The van der Waals surface area contributed by atoms with Crippen molar-refractivity contribution in [2.24, 2.45) is 23.7 Å². The Kier molecular flexibility index (Phi) is 7.48. The van der Waals surface area contributed by atoms with Crippen LogP contribution >= 0.6 is 11.6 Å². The molecule has 6 aromatic rings. The fourth-order valence-electron chi connectivity index (χ4n) is 9.79. The lowest BCUT2D eigenvalue weighted by molar-refractivity contribution is -0.127. The first-order valence-electron chi connectivity index (χ1n) is 18.3. The molecule has 3 heterocycles. The molecule has 4 aliphatic rings. The van der Waals surface area contributed by atoms with E-state index in [4.69, 9.17) is 16.0 Å². The molecule has 9 nitrogen and oxygen atoms in total. The molecule has 4 amide bonds. The molecule has 1 N–H and O–H groups in total. The summed E-state index contributed by atoms with van der Waals surface area (Å²) in [6.45, 7) is 0. The highest BCUT2D eigenvalue weighted by Crippen LogP contribution is 2.64. The number of hydrogen-bond donors (Lipinski definition) is 1. The van der Waals surface area contributed by atoms with Crippen LogP contribution in [-0.4, -0.2) is 33.7 Å². The van der Waals surface area contributed by atoms with Crippen LogP contribution in [0.5, 0.6) is 5.75 Å². The van der Waals surface area contributed by atoms with Crippen molar-refractivity contribution in [2.75, 3.05) is 9.80 Å². The van der Waals surface area contributed by atoms with Crippen molar-refractivity contribution in [1.29, 1.82) is 0 Å². The van der Waals surface area contributed by atoms with Gasteiger partial charge in [-0.3, -0.25) is 24.1 Å². The van der Waals surface area contributed by atoms with Gasteiger partial charge in [-0.2, -0.15) is 0 Å². The number of aromatic hydroxyl groups is 1. The fourth-order valence-corrected chi connectivity index (χ4v) is 9.97. The summed E-state index contributed by atoms with van der Waals surface area (Å²) >= 11 is 6.41. The summed E-state index contributed by atoms with van der Waals surface area (Å²) in [5.41, 5.74) is 3.75. The average molecular weight is 746 g/mol. The molecule has 0 bridgehead atoms. The van der Waals surface area contributed by atoms with Crippen molar-refractivity contribution in [3.8, 4) is 17.2 Å². The molecule has 55 heavy (non-hydrogen) atoms. The molecule has 0 radical (unpaired) electrons. The number of phenols is 1. The maximum absolute atomic E-state index is 15.3. The maximum Gasteiger partial charge on any atom is 0.246 e. The van der Waals surface area contributed by atoms with E-state index in [1.807, 2.05) is 60.7 Å². The number of anilines is 2. The minimum Gasteiger partial charge on any atom is -0.508 e. The van der Waals surface area contributed by atoms with Crippen LogP contribution in [0, 0.1) is 23.7 Å². The normalized spacial score (nSPS) is 25.9. The van der Waals surface area contributed by atoms with E-state index in [9.17, 15) is 19.5 Å². The molecule has 2 aliphatic carbocycles. The Morgan fingerprint density at radius 1 is 0.727 bits per heavy atom. The Labute approximate surface area is 320 Å². The molecular weight excluding hydrogens is 714 g/mol. The van der Waals surface area contributed by atoms with Crippen molar-refractivity contribution < 1.29 is 28.7 Å². The minimum atomic E-state index is -1.39. The van der Waals surface area contributed by atoms with Gasteiger partial charge in [0.2, 0.25) is 29.5 Å². The highest BCUT2D eigenvalue weighted by atomic mass is 35.5. The van der Waals surface area contributed by atoms with Gasteiger partial charge in [0, 0.05) is 16.5 Å². The number of para-hydroxylation sites is 2. The maximum atomic E-state index is 15.3. The van der Waals surface area contributed by atoms with Gasteiger partial charge in [-0.25, -0.2) is 9.88 Å². The molecule has 10 rings (SSSR count). The minimum absolute atomic E-state index is 0.0582. The Bertz CT molecular complexity index is 2570. The second-order valence-corrected chi connectivity index (χ2v) is 15.2. The van der Waals surface area contributed by atoms with E-state index < -0.39 is 35.0 Å². The van der Waals surface area contributed by atoms with Crippen LogP contribution < -0.4 is 9.80 Å². The Hall–Kier alpha value is -6.32. The van der Waals surface area contributed by atoms with Crippen LogP contribution in [0.3, 0.4) is 0 Å². The number of aromatic nitrogens is 1. The largest absolute Gasteiger partial charge is 0.508 e. The van der Waals surface area contributed by atoms with Crippen LogP contribution in [-0.2, 0) is 24.6 Å². The summed E-state index contributed by atoms with van der Waals surface area (Å²) in [4.78, 5) is 66.3. The first-order valence-corrected chi connectivity index (χ1v) is 18.7. The predicted molar refractivity (Wildman–Crippen MR) is 206 cm³/mol. The van der Waals surface area contributed by atoms with Crippen molar-refractivity contribution >= 4 is 57.7 Å². The molecule has 270 valence electrons. The van der Waals surface area contributed by atoms with Crippen molar-refractivity contribution in [1.82, 2.24) is 4.98 Å². The molecule has 3 fully saturated rings. The number of fused-ring (bicyclic) bond motifs is 5. The standard InChI is InChI=1S/C45H32ClN3O6/c46-28-9-6-10-30(23-28)49-42(52)35-24-34-32(39(25-15-19-31(50)20-16-25)45(35,44(49)54)27-7-2-1-3-8-27)21-22-33-38(34)43(53)48(41(33)51)29-17-13-26(14-18-29)40-47-36-11-4-5-12-37(36)55-40/h1-21,23,33-35,38-39,50H,22,24H2/t33-,34+,35-,38-,39-,45+/m0/s1. The van der Waals surface area contributed by atoms with E-state index in [0.29, 0.717) is 45.4 Å². The Morgan fingerprint density at radius 3 is 2.22 bits per heavy atom. The predicted octanol–water partition coefficient (Wildman–Crippen LogP) is 8.22. The van der Waals surface area contributed by atoms with Crippen molar-refractivity contribution in [3.05, 3.63) is 155 Å². The molecule has 5 aromatic carbocycles. The number of amides is 4. The number of halogens is 1. The molecule has 2 saturated heterocycles.